The van der Waals surface area contributed by atoms with E-state index in [9.17, 15) is 0 Å². The predicted molar refractivity (Wildman–Crippen MR) is 145 cm³/mol. The minimum Gasteiger partial charge on any atom is -0.497 e. The highest BCUT2D eigenvalue weighted by Gasteiger charge is 2.21. The highest BCUT2D eigenvalue weighted by atomic mass is 127. The number of hydrogen-bond donors (Lipinski definition) is 2. The molecule has 0 amide bonds. The van der Waals surface area contributed by atoms with Crippen LogP contribution < -0.4 is 20.3 Å². The second kappa shape index (κ2) is 13.5. The van der Waals surface area contributed by atoms with E-state index >= 15 is 0 Å². The number of aryl methyl sites for hydroxylation is 1. The van der Waals surface area contributed by atoms with E-state index in [0.29, 0.717) is 12.0 Å². The van der Waals surface area contributed by atoms with Gasteiger partial charge in [-0.2, -0.15) is 0 Å². The molecular weight excluding hydrogens is 513 g/mol. The van der Waals surface area contributed by atoms with E-state index < -0.39 is 0 Å². The van der Waals surface area contributed by atoms with Gasteiger partial charge in [0.2, 0.25) is 0 Å². The first-order valence-electron chi connectivity index (χ1n) is 11.5. The minimum absolute atomic E-state index is 0. The summed E-state index contributed by atoms with van der Waals surface area (Å²) in [4.78, 5) is 11.9. The molecule has 2 heterocycles. The Balaban J connectivity index is 0.00000363. The van der Waals surface area contributed by atoms with Gasteiger partial charge < -0.3 is 20.3 Å². The zero-order valence-corrected chi connectivity index (χ0v) is 22.1. The monoisotopic (exact) mass is 551 g/mol. The summed E-state index contributed by atoms with van der Waals surface area (Å²) in [6, 6.07) is 15.0. The summed E-state index contributed by atoms with van der Waals surface area (Å²) in [6.07, 6.45) is 3.19. The van der Waals surface area contributed by atoms with Crippen molar-refractivity contribution in [1.82, 2.24) is 15.6 Å². The zero-order valence-electron chi connectivity index (χ0n) is 19.8. The Morgan fingerprint density at radius 1 is 1.19 bits per heavy atom. The number of nitrogens with one attached hydrogen (secondary N) is 2. The number of anilines is 1. The Kier molecular flexibility index (Phi) is 11.1. The van der Waals surface area contributed by atoms with Gasteiger partial charge in [0, 0.05) is 37.9 Å². The number of piperidine rings is 1. The van der Waals surface area contributed by atoms with Gasteiger partial charge in [-0.25, -0.2) is 4.98 Å². The number of nitrogens with zero attached hydrogens (tertiary/aromatic N) is 3. The first kappa shape index (κ1) is 26.2. The lowest BCUT2D eigenvalue weighted by Crippen LogP contribution is -2.49. The number of rotatable bonds is 8. The van der Waals surface area contributed by atoms with E-state index in [2.05, 4.69) is 58.6 Å². The van der Waals surface area contributed by atoms with Crippen molar-refractivity contribution in [3.63, 3.8) is 0 Å². The van der Waals surface area contributed by atoms with Gasteiger partial charge in [-0.1, -0.05) is 25.1 Å². The number of methoxy groups -OCH3 is 1. The lowest BCUT2D eigenvalue weighted by molar-refractivity contribution is 0.414. The zero-order chi connectivity index (χ0) is 22.1. The van der Waals surface area contributed by atoms with Crippen LogP contribution in [-0.2, 0) is 0 Å². The van der Waals surface area contributed by atoms with Gasteiger partial charge in [0.15, 0.2) is 5.96 Å². The van der Waals surface area contributed by atoms with Crippen molar-refractivity contribution in [1.29, 1.82) is 0 Å². The second-order valence-electron chi connectivity index (χ2n) is 8.27. The molecular formula is C25H38IN5O. The Morgan fingerprint density at radius 2 is 1.91 bits per heavy atom. The third-order valence-electron chi connectivity index (χ3n) is 5.89. The molecule has 1 aliphatic rings. The average molecular weight is 552 g/mol. The van der Waals surface area contributed by atoms with Gasteiger partial charge in [-0.05, 0) is 68.9 Å². The first-order chi connectivity index (χ1) is 15.1. The molecule has 1 aromatic heterocycles. The first-order valence-corrected chi connectivity index (χ1v) is 11.5. The summed E-state index contributed by atoms with van der Waals surface area (Å²) in [6.45, 7) is 10.1. The van der Waals surface area contributed by atoms with Gasteiger partial charge in [0.25, 0.3) is 0 Å². The van der Waals surface area contributed by atoms with Gasteiger partial charge in [0.05, 0.1) is 7.11 Å². The van der Waals surface area contributed by atoms with Crippen molar-refractivity contribution < 1.29 is 4.74 Å². The third-order valence-corrected chi connectivity index (χ3v) is 5.89. The van der Waals surface area contributed by atoms with Crippen LogP contribution >= 0.6 is 24.0 Å². The fourth-order valence-corrected chi connectivity index (χ4v) is 3.94. The molecule has 1 unspecified atom stereocenters. The summed E-state index contributed by atoms with van der Waals surface area (Å²) in [5.41, 5.74) is 2.40. The molecule has 7 heteroatoms. The molecule has 176 valence electrons. The molecule has 0 radical (unpaired) electrons. The normalized spacial score (nSPS) is 15.6. The molecule has 1 aromatic carbocycles. The number of pyridine rings is 1. The second-order valence-corrected chi connectivity index (χ2v) is 8.27. The Morgan fingerprint density at radius 3 is 2.53 bits per heavy atom. The number of halogens is 1. The van der Waals surface area contributed by atoms with Crippen LogP contribution in [0.15, 0.2) is 47.5 Å². The van der Waals surface area contributed by atoms with Crippen LogP contribution in [0.25, 0.3) is 0 Å². The quantitative estimate of drug-likeness (QED) is 0.282. The van der Waals surface area contributed by atoms with E-state index in [1.54, 1.807) is 7.11 Å². The van der Waals surface area contributed by atoms with Crippen LogP contribution in [0.3, 0.4) is 0 Å². The van der Waals surface area contributed by atoms with Crippen LogP contribution in [0.2, 0.25) is 0 Å². The number of aromatic nitrogens is 1. The molecule has 0 spiro atoms. The van der Waals surface area contributed by atoms with Gasteiger partial charge in [0.1, 0.15) is 11.6 Å². The van der Waals surface area contributed by atoms with Crippen LogP contribution in [0.1, 0.15) is 50.3 Å². The van der Waals surface area contributed by atoms with Crippen LogP contribution in [-0.4, -0.2) is 50.3 Å². The maximum atomic E-state index is 5.25. The molecule has 1 atom stereocenters. The number of benzene rings is 1. The standard InChI is InChI=1S/C25H37N5O.HI/c1-5-26-25(27-16-13-19(2)21-9-11-23(31-4)12-10-21)29-22-14-17-30(18-15-22)24-8-6-7-20(3)28-24;/h6-12,19,22H,5,13-18H2,1-4H3,(H2,26,27,29);1H. The third kappa shape index (κ3) is 7.83. The molecule has 2 aromatic rings. The fourth-order valence-electron chi connectivity index (χ4n) is 3.94. The van der Waals surface area contributed by atoms with Crippen molar-refractivity contribution in [3.8, 4) is 5.75 Å². The van der Waals surface area contributed by atoms with E-state index in [1.807, 2.05) is 25.1 Å². The molecule has 1 aliphatic heterocycles. The van der Waals surface area contributed by atoms with Crippen molar-refractivity contribution in [3.05, 3.63) is 53.7 Å². The highest BCUT2D eigenvalue weighted by Crippen LogP contribution is 2.22. The molecule has 3 rings (SSSR count). The molecule has 1 saturated heterocycles. The number of hydrogen-bond acceptors (Lipinski definition) is 4. The lowest BCUT2D eigenvalue weighted by Gasteiger charge is -2.34. The lowest BCUT2D eigenvalue weighted by atomic mass is 9.98. The van der Waals surface area contributed by atoms with Crippen LogP contribution in [0, 0.1) is 6.92 Å². The Hall–Kier alpha value is -2.03. The Bertz CT molecular complexity index is 834. The molecule has 32 heavy (non-hydrogen) atoms. The SMILES string of the molecule is CCNC(=NCCC(C)c1ccc(OC)cc1)NC1CCN(c2cccc(C)n2)CC1.I. The summed E-state index contributed by atoms with van der Waals surface area (Å²) >= 11 is 0. The number of ether oxygens (including phenoxy) is 1. The van der Waals surface area contributed by atoms with Gasteiger partial charge in [-0.15, -0.1) is 24.0 Å². The molecule has 2 N–H and O–H groups in total. The smallest absolute Gasteiger partial charge is 0.191 e. The molecule has 0 saturated carbocycles. The van der Waals surface area contributed by atoms with E-state index in [-0.39, 0.29) is 24.0 Å². The predicted octanol–water partition coefficient (Wildman–Crippen LogP) is 4.73. The topological polar surface area (TPSA) is 61.8 Å². The molecule has 0 aliphatic carbocycles. The molecule has 0 bridgehead atoms. The summed E-state index contributed by atoms with van der Waals surface area (Å²) in [7, 11) is 1.70. The fraction of sp³-hybridized carbons (Fsp3) is 0.520. The molecule has 6 nitrogen and oxygen atoms in total. The van der Waals surface area contributed by atoms with E-state index in [0.717, 1.165) is 68.7 Å². The van der Waals surface area contributed by atoms with Crippen molar-refractivity contribution >= 4 is 35.8 Å². The van der Waals surface area contributed by atoms with E-state index in [4.69, 9.17) is 9.73 Å². The maximum absolute atomic E-state index is 5.25. The van der Waals surface area contributed by atoms with Crippen molar-refractivity contribution in [2.24, 2.45) is 4.99 Å². The van der Waals surface area contributed by atoms with Gasteiger partial charge >= 0.3 is 0 Å². The number of guanidine groups is 1. The van der Waals surface area contributed by atoms with Crippen LogP contribution in [0.5, 0.6) is 5.75 Å². The maximum Gasteiger partial charge on any atom is 0.191 e. The van der Waals surface area contributed by atoms with Crippen LogP contribution in [0.4, 0.5) is 5.82 Å². The molecule has 1 fully saturated rings. The number of aliphatic imine (C=N–C) groups is 1. The largest absolute Gasteiger partial charge is 0.497 e. The summed E-state index contributed by atoms with van der Waals surface area (Å²) in [5, 5.41) is 7.05. The summed E-state index contributed by atoms with van der Waals surface area (Å²) in [5.74, 6) is 3.38. The van der Waals surface area contributed by atoms with Gasteiger partial charge in [-0.3, -0.25) is 4.99 Å². The Labute approximate surface area is 210 Å². The van der Waals surface area contributed by atoms with Crippen molar-refractivity contribution in [2.45, 2.75) is 52.0 Å². The van der Waals surface area contributed by atoms with E-state index in [1.165, 1.54) is 5.56 Å². The average Bonchev–Trinajstić information content (AvgIpc) is 2.79. The minimum atomic E-state index is 0. The van der Waals surface area contributed by atoms with Crippen molar-refractivity contribution in [2.75, 3.05) is 38.2 Å². The summed E-state index contributed by atoms with van der Waals surface area (Å²) < 4.78 is 5.25. The highest BCUT2D eigenvalue weighted by molar-refractivity contribution is 14.0.